The molecule has 0 aromatic heterocycles. The van der Waals surface area contributed by atoms with Crippen LogP contribution in [-0.2, 0) is 14.4 Å². The lowest BCUT2D eigenvalue weighted by Crippen LogP contribution is -2.50. The van der Waals surface area contributed by atoms with Gasteiger partial charge in [-0.3, -0.25) is 14.5 Å². The van der Waals surface area contributed by atoms with Crippen LogP contribution in [0.5, 0.6) is 0 Å². The van der Waals surface area contributed by atoms with E-state index in [1.165, 1.54) is 11.8 Å². The number of rotatable bonds is 4. The van der Waals surface area contributed by atoms with Crippen molar-refractivity contribution in [2.45, 2.75) is 38.1 Å². The molecule has 0 spiro atoms. The van der Waals surface area contributed by atoms with Crippen LogP contribution in [-0.4, -0.2) is 33.8 Å². The van der Waals surface area contributed by atoms with Crippen molar-refractivity contribution in [3.8, 4) is 0 Å². The molecule has 1 atom stereocenters. The number of aliphatic carboxylic acids is 1. The fourth-order valence-corrected chi connectivity index (χ4v) is 2.90. The standard InChI is InChI=1S/C13H15NO4S/c15-11-4-1-5-12(16)14(11)10(13(17)18)7-9-3-2-6-19-8-9/h2,6,8,10H,1,3-5,7H2,(H,17,18). The molecule has 0 aliphatic carbocycles. The predicted octanol–water partition coefficient (Wildman–Crippen LogP) is 1.90. The van der Waals surface area contributed by atoms with E-state index in [1.54, 1.807) is 0 Å². The minimum Gasteiger partial charge on any atom is -0.480 e. The topological polar surface area (TPSA) is 74.7 Å². The van der Waals surface area contributed by atoms with Crippen LogP contribution >= 0.6 is 11.8 Å². The third kappa shape index (κ3) is 3.26. The number of amides is 2. The highest BCUT2D eigenvalue weighted by molar-refractivity contribution is 8.04. The Hall–Kier alpha value is -1.56. The van der Waals surface area contributed by atoms with Gasteiger partial charge in [-0.05, 0) is 23.7 Å². The fourth-order valence-electron chi connectivity index (χ4n) is 2.23. The number of nitrogens with zero attached hydrogens (tertiary/aromatic N) is 1. The first-order chi connectivity index (χ1) is 9.09. The summed E-state index contributed by atoms with van der Waals surface area (Å²) in [6, 6.07) is -1.07. The van der Waals surface area contributed by atoms with Crippen LogP contribution in [0.1, 0.15) is 32.1 Å². The van der Waals surface area contributed by atoms with Crippen LogP contribution in [0.25, 0.3) is 0 Å². The smallest absolute Gasteiger partial charge is 0.327 e. The zero-order valence-electron chi connectivity index (χ0n) is 10.4. The first-order valence-electron chi connectivity index (χ1n) is 6.15. The highest BCUT2D eigenvalue weighted by atomic mass is 32.2. The maximum absolute atomic E-state index is 11.8. The van der Waals surface area contributed by atoms with Gasteiger partial charge >= 0.3 is 5.97 Å². The molecule has 102 valence electrons. The van der Waals surface area contributed by atoms with E-state index in [0.29, 0.717) is 12.8 Å². The Morgan fingerprint density at radius 3 is 2.58 bits per heavy atom. The van der Waals surface area contributed by atoms with Crippen molar-refractivity contribution in [2.24, 2.45) is 0 Å². The van der Waals surface area contributed by atoms with E-state index in [9.17, 15) is 19.5 Å². The second kappa shape index (κ2) is 6.06. The number of allylic oxidation sites excluding steroid dienone is 1. The third-order valence-corrected chi connectivity index (χ3v) is 3.98. The molecule has 2 heterocycles. The van der Waals surface area contributed by atoms with Crippen LogP contribution in [0, 0.1) is 0 Å². The van der Waals surface area contributed by atoms with Crippen LogP contribution in [0.2, 0.25) is 0 Å². The normalized spacial score (nSPS) is 21.3. The van der Waals surface area contributed by atoms with Gasteiger partial charge < -0.3 is 5.11 Å². The van der Waals surface area contributed by atoms with Gasteiger partial charge in [-0.25, -0.2) is 4.79 Å². The molecular weight excluding hydrogens is 266 g/mol. The molecule has 2 aliphatic heterocycles. The number of piperidine rings is 1. The third-order valence-electron chi connectivity index (χ3n) is 3.16. The largest absolute Gasteiger partial charge is 0.480 e. The van der Waals surface area contributed by atoms with Crippen molar-refractivity contribution < 1.29 is 19.5 Å². The monoisotopic (exact) mass is 281 g/mol. The Kier molecular flexibility index (Phi) is 4.42. The number of carboxylic acid groups (broad SMARTS) is 1. The molecule has 5 nitrogen and oxygen atoms in total. The van der Waals surface area contributed by atoms with E-state index >= 15 is 0 Å². The van der Waals surface area contributed by atoms with Gasteiger partial charge in [0.05, 0.1) is 0 Å². The highest BCUT2D eigenvalue weighted by Gasteiger charge is 2.36. The van der Waals surface area contributed by atoms with E-state index in [2.05, 4.69) is 0 Å². The molecule has 0 radical (unpaired) electrons. The van der Waals surface area contributed by atoms with E-state index in [0.717, 1.165) is 10.5 Å². The molecule has 6 heteroatoms. The fraction of sp³-hybridized carbons (Fsp3) is 0.462. The minimum atomic E-state index is -1.12. The van der Waals surface area contributed by atoms with Crippen LogP contribution < -0.4 is 0 Å². The average molecular weight is 281 g/mol. The molecule has 2 amide bonds. The van der Waals surface area contributed by atoms with Crippen LogP contribution in [0.15, 0.2) is 22.5 Å². The first kappa shape index (κ1) is 13.9. The Morgan fingerprint density at radius 2 is 2.05 bits per heavy atom. The summed E-state index contributed by atoms with van der Waals surface area (Å²) in [5, 5.41) is 13.1. The van der Waals surface area contributed by atoms with E-state index < -0.39 is 12.0 Å². The van der Waals surface area contributed by atoms with Gasteiger partial charge in [0.2, 0.25) is 11.8 Å². The molecule has 0 bridgehead atoms. The summed E-state index contributed by atoms with van der Waals surface area (Å²) in [6.07, 6.45) is 3.85. The number of imide groups is 1. The van der Waals surface area contributed by atoms with Gasteiger partial charge in [0, 0.05) is 19.3 Å². The number of hydrogen-bond donors (Lipinski definition) is 1. The number of carbonyl (C=O) groups is 3. The predicted molar refractivity (Wildman–Crippen MR) is 71.2 cm³/mol. The lowest BCUT2D eigenvalue weighted by Gasteiger charge is -2.31. The van der Waals surface area contributed by atoms with Gasteiger partial charge in [0.25, 0.3) is 0 Å². The summed E-state index contributed by atoms with van der Waals surface area (Å²) in [7, 11) is 0. The van der Waals surface area contributed by atoms with Gasteiger partial charge in [0.1, 0.15) is 6.04 Å². The summed E-state index contributed by atoms with van der Waals surface area (Å²) < 4.78 is 0. The molecule has 2 aliphatic rings. The summed E-state index contributed by atoms with van der Waals surface area (Å²) in [5.74, 6) is -1.87. The Morgan fingerprint density at radius 1 is 1.37 bits per heavy atom. The molecular formula is C13H15NO4S. The number of carboxylic acids is 1. The van der Waals surface area contributed by atoms with Crippen LogP contribution in [0.3, 0.4) is 0 Å². The lowest BCUT2D eigenvalue weighted by molar-refractivity contribution is -0.160. The maximum atomic E-state index is 11.8. The second-order valence-corrected chi connectivity index (χ2v) is 5.34. The van der Waals surface area contributed by atoms with Crippen LogP contribution in [0.4, 0.5) is 0 Å². The molecule has 1 unspecified atom stereocenters. The molecule has 0 aromatic carbocycles. The van der Waals surface area contributed by atoms with Crippen molar-refractivity contribution in [1.29, 1.82) is 0 Å². The van der Waals surface area contributed by atoms with Crippen molar-refractivity contribution in [3.05, 3.63) is 22.5 Å². The number of likely N-dealkylation sites (tertiary alicyclic amines) is 1. The first-order valence-corrected chi connectivity index (χ1v) is 7.10. The minimum absolute atomic E-state index is 0.212. The summed E-state index contributed by atoms with van der Waals surface area (Å²) in [5.41, 5.74) is 0.936. The van der Waals surface area contributed by atoms with Crippen molar-refractivity contribution in [2.75, 3.05) is 0 Å². The Balaban J connectivity index is 2.14. The molecule has 1 N–H and O–H groups in total. The summed E-state index contributed by atoms with van der Waals surface area (Å²) in [4.78, 5) is 35.9. The van der Waals surface area contributed by atoms with Crippen molar-refractivity contribution in [3.63, 3.8) is 0 Å². The molecule has 2 rings (SSSR count). The van der Waals surface area contributed by atoms with Crippen molar-refractivity contribution in [1.82, 2.24) is 4.90 Å². The zero-order chi connectivity index (χ0) is 13.8. The Labute approximate surface area is 115 Å². The van der Waals surface area contributed by atoms with Gasteiger partial charge in [0.15, 0.2) is 0 Å². The van der Waals surface area contributed by atoms with Gasteiger partial charge in [-0.1, -0.05) is 11.6 Å². The average Bonchev–Trinajstić information content (AvgIpc) is 2.38. The molecule has 0 aromatic rings. The van der Waals surface area contributed by atoms with E-state index in [1.807, 2.05) is 16.9 Å². The number of hydrogen-bond acceptors (Lipinski definition) is 4. The van der Waals surface area contributed by atoms with Gasteiger partial charge in [-0.15, -0.1) is 11.8 Å². The molecule has 0 saturated carbocycles. The van der Waals surface area contributed by atoms with E-state index in [-0.39, 0.29) is 31.1 Å². The van der Waals surface area contributed by atoms with E-state index in [4.69, 9.17) is 0 Å². The van der Waals surface area contributed by atoms with Gasteiger partial charge in [-0.2, -0.15) is 0 Å². The maximum Gasteiger partial charge on any atom is 0.327 e. The quantitative estimate of drug-likeness (QED) is 0.797. The zero-order valence-corrected chi connectivity index (χ0v) is 11.2. The molecule has 1 fully saturated rings. The molecule has 19 heavy (non-hydrogen) atoms. The molecule has 1 saturated heterocycles. The SMILES string of the molecule is O=C(O)C(CC1=CSC=CC1)N1C(=O)CCCC1=O. The Bertz CT molecular complexity index is 453. The summed E-state index contributed by atoms with van der Waals surface area (Å²) >= 11 is 1.48. The second-order valence-electron chi connectivity index (χ2n) is 4.56. The lowest BCUT2D eigenvalue weighted by atomic mass is 10.00. The number of thioether (sulfide) groups is 1. The summed E-state index contributed by atoms with van der Waals surface area (Å²) in [6.45, 7) is 0. The van der Waals surface area contributed by atoms with Crippen molar-refractivity contribution >= 4 is 29.5 Å². The highest BCUT2D eigenvalue weighted by Crippen LogP contribution is 2.26. The number of carbonyl (C=O) groups excluding carboxylic acids is 2.